The molecule has 0 bridgehead atoms. The Kier molecular flexibility index (Phi) is 4.11. The summed E-state index contributed by atoms with van der Waals surface area (Å²) in [6.45, 7) is 4.77. The van der Waals surface area contributed by atoms with Crippen LogP contribution in [0.3, 0.4) is 0 Å². The number of hydrogen-bond acceptors (Lipinski definition) is 3. The summed E-state index contributed by atoms with van der Waals surface area (Å²) in [5.74, 6) is 0.834. The molecule has 1 aliphatic rings. The normalized spacial score (nSPS) is 20.3. The Morgan fingerprint density at radius 3 is 2.78 bits per heavy atom. The van der Waals surface area contributed by atoms with Crippen LogP contribution in [-0.2, 0) is 0 Å². The molecule has 2 rings (SSSR count). The minimum Gasteiger partial charge on any atom is -0.296 e. The Hall–Kier alpha value is -1.66. The molecule has 3 nitrogen and oxygen atoms in total. The van der Waals surface area contributed by atoms with Crippen molar-refractivity contribution in [2.75, 3.05) is 19.6 Å². The molecule has 0 saturated carbocycles. The molecule has 18 heavy (non-hydrogen) atoms. The van der Waals surface area contributed by atoms with Gasteiger partial charge in [-0.2, -0.15) is 5.26 Å². The molecular weight excluding hydrogens is 224 g/mol. The topological polar surface area (TPSA) is 44.1 Å². The van der Waals surface area contributed by atoms with Crippen molar-refractivity contribution in [3.63, 3.8) is 0 Å². The molecule has 0 radical (unpaired) electrons. The quantitative estimate of drug-likeness (QED) is 0.765. The van der Waals surface area contributed by atoms with E-state index in [1.165, 1.54) is 12.8 Å². The Morgan fingerprint density at radius 2 is 2.17 bits per heavy atom. The van der Waals surface area contributed by atoms with Gasteiger partial charge in [0.1, 0.15) is 0 Å². The van der Waals surface area contributed by atoms with Crippen LogP contribution in [0.25, 0.3) is 0 Å². The summed E-state index contributed by atoms with van der Waals surface area (Å²) in [6.07, 6.45) is 2.45. The largest absolute Gasteiger partial charge is 0.296 e. The second-order valence-electron chi connectivity index (χ2n) is 5.09. The van der Waals surface area contributed by atoms with Crippen molar-refractivity contribution >= 4 is 5.78 Å². The maximum Gasteiger partial charge on any atom is 0.176 e. The monoisotopic (exact) mass is 242 g/mol. The van der Waals surface area contributed by atoms with Gasteiger partial charge in [0, 0.05) is 12.1 Å². The molecule has 1 unspecified atom stereocenters. The van der Waals surface area contributed by atoms with E-state index in [0.29, 0.717) is 23.6 Å². The molecule has 0 amide bonds. The fourth-order valence-corrected chi connectivity index (χ4v) is 2.46. The van der Waals surface area contributed by atoms with E-state index < -0.39 is 0 Å². The predicted octanol–water partition coefficient (Wildman–Crippen LogP) is 2.47. The van der Waals surface area contributed by atoms with Gasteiger partial charge in [-0.3, -0.25) is 9.69 Å². The van der Waals surface area contributed by atoms with E-state index in [9.17, 15) is 4.79 Å². The fourth-order valence-electron chi connectivity index (χ4n) is 2.46. The summed E-state index contributed by atoms with van der Waals surface area (Å²) in [5.41, 5.74) is 1.30. The van der Waals surface area contributed by atoms with Gasteiger partial charge in [0.15, 0.2) is 5.78 Å². The molecule has 1 fully saturated rings. The highest BCUT2D eigenvalue weighted by Gasteiger charge is 2.19. The maximum absolute atomic E-state index is 12.1. The van der Waals surface area contributed by atoms with Crippen molar-refractivity contribution in [2.24, 2.45) is 5.92 Å². The molecule has 1 aromatic carbocycles. The van der Waals surface area contributed by atoms with E-state index in [0.717, 1.165) is 13.1 Å². The van der Waals surface area contributed by atoms with Crippen LogP contribution in [0.1, 0.15) is 35.7 Å². The minimum absolute atomic E-state index is 0.147. The van der Waals surface area contributed by atoms with Crippen LogP contribution < -0.4 is 0 Å². The van der Waals surface area contributed by atoms with Crippen molar-refractivity contribution in [3.05, 3.63) is 35.4 Å². The standard InChI is InChI=1S/C15H18N2O/c1-12-3-2-8-17(10-12)11-15(18)14-6-4-13(9-16)5-7-14/h4-7,12H,2-3,8,10-11H2,1H3. The number of likely N-dealkylation sites (tertiary alicyclic amines) is 1. The number of piperidine rings is 1. The van der Waals surface area contributed by atoms with Gasteiger partial charge in [-0.15, -0.1) is 0 Å². The zero-order valence-corrected chi connectivity index (χ0v) is 10.7. The van der Waals surface area contributed by atoms with Crippen LogP contribution in [0.5, 0.6) is 0 Å². The molecule has 3 heteroatoms. The zero-order valence-electron chi connectivity index (χ0n) is 10.7. The van der Waals surface area contributed by atoms with Gasteiger partial charge in [-0.05, 0) is 37.4 Å². The third kappa shape index (κ3) is 3.18. The number of carbonyl (C=O) groups excluding carboxylic acids is 1. The van der Waals surface area contributed by atoms with E-state index in [2.05, 4.69) is 17.9 Å². The molecule has 0 aliphatic carbocycles. The van der Waals surface area contributed by atoms with Crippen molar-refractivity contribution in [1.29, 1.82) is 5.26 Å². The summed E-state index contributed by atoms with van der Waals surface area (Å²) in [4.78, 5) is 14.3. The maximum atomic E-state index is 12.1. The zero-order chi connectivity index (χ0) is 13.0. The third-order valence-electron chi connectivity index (χ3n) is 3.44. The van der Waals surface area contributed by atoms with E-state index in [-0.39, 0.29) is 5.78 Å². The van der Waals surface area contributed by atoms with Crippen molar-refractivity contribution in [2.45, 2.75) is 19.8 Å². The number of Topliss-reactive ketones (excluding diaryl/α,β-unsaturated/α-hetero) is 1. The SMILES string of the molecule is CC1CCCN(CC(=O)c2ccc(C#N)cc2)C1. The average molecular weight is 242 g/mol. The van der Waals surface area contributed by atoms with E-state index in [1.807, 2.05) is 0 Å². The van der Waals surface area contributed by atoms with Crippen molar-refractivity contribution < 1.29 is 4.79 Å². The van der Waals surface area contributed by atoms with Crippen LogP contribution in [0.2, 0.25) is 0 Å². The second kappa shape index (κ2) is 5.79. The summed E-state index contributed by atoms with van der Waals surface area (Å²) in [7, 11) is 0. The number of carbonyl (C=O) groups is 1. The highest BCUT2D eigenvalue weighted by atomic mass is 16.1. The van der Waals surface area contributed by atoms with Crippen molar-refractivity contribution in [1.82, 2.24) is 4.90 Å². The fraction of sp³-hybridized carbons (Fsp3) is 0.467. The second-order valence-corrected chi connectivity index (χ2v) is 5.09. The predicted molar refractivity (Wildman–Crippen MR) is 70.3 cm³/mol. The molecule has 1 saturated heterocycles. The van der Waals surface area contributed by atoms with Crippen molar-refractivity contribution in [3.8, 4) is 6.07 Å². The van der Waals surface area contributed by atoms with Crippen LogP contribution in [0, 0.1) is 17.2 Å². The minimum atomic E-state index is 0.147. The van der Waals surface area contributed by atoms with Crippen LogP contribution in [0.4, 0.5) is 0 Å². The Bertz CT molecular complexity index is 458. The number of rotatable bonds is 3. The molecule has 0 spiro atoms. The number of nitriles is 1. The molecular formula is C15H18N2O. The highest BCUT2D eigenvalue weighted by molar-refractivity contribution is 5.97. The first-order chi connectivity index (χ1) is 8.69. The molecule has 0 aromatic heterocycles. The average Bonchev–Trinajstić information content (AvgIpc) is 2.39. The summed E-state index contributed by atoms with van der Waals surface area (Å²) < 4.78 is 0. The smallest absolute Gasteiger partial charge is 0.176 e. The first kappa shape index (κ1) is 12.8. The Balaban J connectivity index is 1.96. The lowest BCUT2D eigenvalue weighted by Gasteiger charge is -2.30. The molecule has 1 aliphatic heterocycles. The first-order valence-corrected chi connectivity index (χ1v) is 6.45. The van der Waals surface area contributed by atoms with Gasteiger partial charge in [0.2, 0.25) is 0 Å². The van der Waals surface area contributed by atoms with Gasteiger partial charge < -0.3 is 0 Å². The number of nitrogens with zero attached hydrogens (tertiary/aromatic N) is 2. The number of ketones is 1. The highest BCUT2D eigenvalue weighted by Crippen LogP contribution is 2.16. The van der Waals surface area contributed by atoms with Gasteiger partial charge in [-0.25, -0.2) is 0 Å². The lowest BCUT2D eigenvalue weighted by molar-refractivity contribution is 0.0893. The van der Waals surface area contributed by atoms with E-state index in [4.69, 9.17) is 5.26 Å². The molecule has 1 aromatic rings. The van der Waals surface area contributed by atoms with E-state index in [1.54, 1.807) is 24.3 Å². The third-order valence-corrected chi connectivity index (χ3v) is 3.44. The Morgan fingerprint density at radius 1 is 1.44 bits per heavy atom. The molecule has 0 N–H and O–H groups in total. The number of benzene rings is 1. The number of hydrogen-bond donors (Lipinski definition) is 0. The van der Waals surface area contributed by atoms with E-state index >= 15 is 0 Å². The van der Waals surface area contributed by atoms with Crippen LogP contribution in [-0.4, -0.2) is 30.3 Å². The Labute approximate surface area is 108 Å². The van der Waals surface area contributed by atoms with Crippen LogP contribution in [0.15, 0.2) is 24.3 Å². The lowest BCUT2D eigenvalue weighted by atomic mass is 9.99. The molecule has 1 heterocycles. The van der Waals surface area contributed by atoms with Gasteiger partial charge in [-0.1, -0.05) is 19.1 Å². The first-order valence-electron chi connectivity index (χ1n) is 6.45. The van der Waals surface area contributed by atoms with Gasteiger partial charge in [0.25, 0.3) is 0 Å². The molecule has 1 atom stereocenters. The van der Waals surface area contributed by atoms with Gasteiger partial charge in [0.05, 0.1) is 18.2 Å². The summed E-state index contributed by atoms with van der Waals surface area (Å²) in [6, 6.07) is 8.95. The summed E-state index contributed by atoms with van der Waals surface area (Å²) >= 11 is 0. The van der Waals surface area contributed by atoms with Gasteiger partial charge >= 0.3 is 0 Å². The lowest BCUT2D eigenvalue weighted by Crippen LogP contribution is -2.37. The van der Waals surface area contributed by atoms with Crippen LogP contribution >= 0.6 is 0 Å². The summed E-state index contributed by atoms with van der Waals surface area (Å²) in [5, 5.41) is 8.71. The molecule has 94 valence electrons.